The maximum absolute atomic E-state index is 13.0. The number of rotatable bonds is 3. The molecule has 1 N–H and O–H groups in total. The minimum atomic E-state index is 0.173. The first-order valence-electron chi connectivity index (χ1n) is 11.5. The number of ether oxygens (including phenoxy) is 1. The molecular formula is C24H26N6O2S. The van der Waals surface area contributed by atoms with Gasteiger partial charge in [-0.1, -0.05) is 0 Å². The number of likely N-dealkylation sites (tertiary alicyclic amines) is 1. The predicted molar refractivity (Wildman–Crippen MR) is 130 cm³/mol. The van der Waals surface area contributed by atoms with Crippen LogP contribution < -0.4 is 10.1 Å². The monoisotopic (exact) mass is 462 g/mol. The van der Waals surface area contributed by atoms with Gasteiger partial charge in [0.05, 0.1) is 31.3 Å². The van der Waals surface area contributed by atoms with Crippen molar-refractivity contribution in [3.05, 3.63) is 40.0 Å². The van der Waals surface area contributed by atoms with E-state index < -0.39 is 0 Å². The molecule has 3 aliphatic heterocycles. The van der Waals surface area contributed by atoms with Crippen LogP contribution in [-0.4, -0.2) is 58.8 Å². The first-order chi connectivity index (χ1) is 16.2. The Morgan fingerprint density at radius 3 is 2.85 bits per heavy atom. The van der Waals surface area contributed by atoms with E-state index in [0.29, 0.717) is 13.1 Å². The highest BCUT2D eigenvalue weighted by atomic mass is 32.1. The number of fused-ring (bicyclic) bond motifs is 4. The van der Waals surface area contributed by atoms with Crippen molar-refractivity contribution < 1.29 is 9.53 Å². The van der Waals surface area contributed by atoms with Crippen molar-refractivity contribution in [1.29, 1.82) is 0 Å². The Kier molecular flexibility index (Phi) is 5.13. The highest BCUT2D eigenvalue weighted by molar-refractivity contribution is 7.19. The first kappa shape index (κ1) is 20.4. The molecule has 0 unspecified atom stereocenters. The van der Waals surface area contributed by atoms with Gasteiger partial charge in [0.25, 0.3) is 0 Å². The van der Waals surface area contributed by atoms with E-state index in [9.17, 15) is 4.79 Å². The van der Waals surface area contributed by atoms with Crippen LogP contribution in [0.3, 0.4) is 0 Å². The molecule has 3 aliphatic rings. The van der Waals surface area contributed by atoms with E-state index in [2.05, 4.69) is 26.3 Å². The summed E-state index contributed by atoms with van der Waals surface area (Å²) in [5.74, 6) is 1.55. The fourth-order valence-electron chi connectivity index (χ4n) is 5.00. The van der Waals surface area contributed by atoms with Crippen molar-refractivity contribution in [3.63, 3.8) is 0 Å². The lowest BCUT2D eigenvalue weighted by Crippen LogP contribution is -2.46. The van der Waals surface area contributed by atoms with E-state index >= 15 is 0 Å². The maximum Gasteiger partial charge on any atom is 0.320 e. The second kappa shape index (κ2) is 8.30. The number of aliphatic imine (C=N–C) groups is 1. The van der Waals surface area contributed by atoms with E-state index in [1.54, 1.807) is 24.8 Å². The van der Waals surface area contributed by atoms with Gasteiger partial charge in [-0.15, -0.1) is 11.3 Å². The second-order valence-electron chi connectivity index (χ2n) is 8.75. The van der Waals surface area contributed by atoms with Gasteiger partial charge < -0.3 is 19.9 Å². The summed E-state index contributed by atoms with van der Waals surface area (Å²) in [6, 6.07) is 4.28. The largest absolute Gasteiger partial charge is 0.495 e. The Bertz CT molecular complexity index is 1260. The highest BCUT2D eigenvalue weighted by Crippen LogP contribution is 2.40. The van der Waals surface area contributed by atoms with Gasteiger partial charge in [-0.2, -0.15) is 0 Å². The lowest BCUT2D eigenvalue weighted by Gasteiger charge is -2.34. The summed E-state index contributed by atoms with van der Waals surface area (Å²) in [4.78, 5) is 32.7. The standard InChI is InChI=1S/C24H26N6O2S/c1-32-19-10-16-12-25-11-15(16)9-18(19)28-22-21-17-5-8-30(24(31)29-6-3-2-4-7-29)13-20(17)33-23(21)27-14-26-22/h9-11,14H,2-8,12-13H2,1H3,(H,26,27,28). The van der Waals surface area contributed by atoms with Gasteiger partial charge in [-0.3, -0.25) is 4.99 Å². The number of anilines is 2. The number of hydrogen-bond donors (Lipinski definition) is 1. The molecule has 2 amide bonds. The molecule has 3 aromatic rings. The molecule has 5 heterocycles. The number of carbonyl (C=O) groups is 1. The second-order valence-corrected chi connectivity index (χ2v) is 9.84. The number of benzene rings is 1. The molecule has 0 bridgehead atoms. The van der Waals surface area contributed by atoms with Crippen molar-refractivity contribution in [3.8, 4) is 5.75 Å². The van der Waals surface area contributed by atoms with Crippen LogP contribution in [0.2, 0.25) is 0 Å². The van der Waals surface area contributed by atoms with Gasteiger partial charge in [0.1, 0.15) is 22.7 Å². The molecule has 0 atom stereocenters. The molecule has 6 rings (SSSR count). The smallest absolute Gasteiger partial charge is 0.320 e. The zero-order chi connectivity index (χ0) is 22.4. The summed E-state index contributed by atoms with van der Waals surface area (Å²) in [5.41, 5.74) is 4.38. The summed E-state index contributed by atoms with van der Waals surface area (Å²) >= 11 is 1.67. The van der Waals surface area contributed by atoms with Crippen molar-refractivity contribution in [1.82, 2.24) is 19.8 Å². The zero-order valence-corrected chi connectivity index (χ0v) is 19.5. The average Bonchev–Trinajstić information content (AvgIpc) is 3.47. The van der Waals surface area contributed by atoms with E-state index in [-0.39, 0.29) is 6.03 Å². The normalized spacial score (nSPS) is 17.2. The van der Waals surface area contributed by atoms with Crippen molar-refractivity contribution in [2.45, 2.75) is 38.8 Å². The van der Waals surface area contributed by atoms with Crippen LogP contribution in [-0.2, 0) is 19.5 Å². The lowest BCUT2D eigenvalue weighted by molar-refractivity contribution is 0.139. The number of hydrogen-bond acceptors (Lipinski definition) is 7. The summed E-state index contributed by atoms with van der Waals surface area (Å²) < 4.78 is 5.64. The van der Waals surface area contributed by atoms with Gasteiger partial charge in [0.2, 0.25) is 0 Å². The SMILES string of the molecule is COc1cc2c(cc1Nc1ncnc3sc4c(c13)CCN(C(=O)N1CCCCC1)C4)C=NC2. The molecule has 0 aliphatic carbocycles. The van der Waals surface area contributed by atoms with Gasteiger partial charge in [0, 0.05) is 30.7 Å². The highest BCUT2D eigenvalue weighted by Gasteiger charge is 2.29. The lowest BCUT2D eigenvalue weighted by atomic mass is 10.0. The van der Waals surface area contributed by atoms with Crippen LogP contribution in [0.15, 0.2) is 23.5 Å². The third kappa shape index (κ3) is 3.60. The topological polar surface area (TPSA) is 82.9 Å². The van der Waals surface area contributed by atoms with E-state index in [4.69, 9.17) is 4.74 Å². The van der Waals surface area contributed by atoms with Crippen molar-refractivity contribution in [2.24, 2.45) is 4.99 Å². The third-order valence-corrected chi connectivity index (χ3v) is 7.87. The number of thiophene rings is 1. The quantitative estimate of drug-likeness (QED) is 0.626. The molecule has 0 saturated carbocycles. The molecular weight excluding hydrogens is 436 g/mol. The summed E-state index contributed by atoms with van der Waals surface area (Å²) in [6.07, 6.45) is 7.75. The van der Waals surface area contributed by atoms with E-state index in [1.165, 1.54) is 16.9 Å². The van der Waals surface area contributed by atoms with Crippen LogP contribution in [0.4, 0.5) is 16.3 Å². The first-order valence-corrected chi connectivity index (χ1v) is 12.3. The Morgan fingerprint density at radius 2 is 2.00 bits per heavy atom. The number of urea groups is 1. The molecule has 0 spiro atoms. The molecule has 1 saturated heterocycles. The van der Waals surface area contributed by atoms with Crippen LogP contribution in [0.1, 0.15) is 40.8 Å². The van der Waals surface area contributed by atoms with E-state index in [1.807, 2.05) is 22.1 Å². The van der Waals surface area contributed by atoms with Crippen LogP contribution in [0.5, 0.6) is 5.75 Å². The summed E-state index contributed by atoms with van der Waals surface area (Å²) in [5, 5.41) is 4.55. The van der Waals surface area contributed by atoms with Crippen molar-refractivity contribution >= 4 is 45.3 Å². The molecule has 0 radical (unpaired) electrons. The Balaban J connectivity index is 1.31. The Labute approximate surface area is 196 Å². The summed E-state index contributed by atoms with van der Waals surface area (Å²) in [7, 11) is 1.68. The number of aromatic nitrogens is 2. The van der Waals surface area contributed by atoms with Crippen LogP contribution in [0.25, 0.3) is 10.2 Å². The molecule has 8 nitrogen and oxygen atoms in total. The van der Waals surface area contributed by atoms with Crippen molar-refractivity contribution in [2.75, 3.05) is 32.1 Å². The van der Waals surface area contributed by atoms with Gasteiger partial charge in [0.15, 0.2) is 0 Å². The fraction of sp³-hybridized carbons (Fsp3) is 0.417. The molecule has 1 fully saturated rings. The Hall–Kier alpha value is -3.20. The molecule has 9 heteroatoms. The number of piperidine rings is 1. The number of nitrogens with one attached hydrogen (secondary N) is 1. The van der Waals surface area contributed by atoms with E-state index in [0.717, 1.165) is 77.5 Å². The third-order valence-electron chi connectivity index (χ3n) is 6.74. The molecule has 170 valence electrons. The average molecular weight is 463 g/mol. The minimum absolute atomic E-state index is 0.173. The molecule has 33 heavy (non-hydrogen) atoms. The van der Waals surface area contributed by atoms with Crippen LogP contribution >= 0.6 is 11.3 Å². The number of nitrogens with zero attached hydrogens (tertiary/aromatic N) is 5. The zero-order valence-electron chi connectivity index (χ0n) is 18.6. The Morgan fingerprint density at radius 1 is 1.12 bits per heavy atom. The number of carbonyl (C=O) groups excluding carboxylic acids is 1. The fourth-order valence-corrected chi connectivity index (χ4v) is 6.21. The van der Waals surface area contributed by atoms with Gasteiger partial charge in [-0.05, 0) is 54.5 Å². The van der Waals surface area contributed by atoms with Crippen LogP contribution in [0, 0.1) is 0 Å². The molecule has 2 aromatic heterocycles. The number of methoxy groups -OCH3 is 1. The van der Waals surface area contributed by atoms with Gasteiger partial charge in [-0.25, -0.2) is 14.8 Å². The minimum Gasteiger partial charge on any atom is -0.495 e. The number of amides is 2. The summed E-state index contributed by atoms with van der Waals surface area (Å²) in [6.45, 7) is 3.81. The van der Waals surface area contributed by atoms with Gasteiger partial charge >= 0.3 is 6.03 Å². The maximum atomic E-state index is 13.0. The predicted octanol–water partition coefficient (Wildman–Crippen LogP) is 4.34. The molecule has 1 aromatic carbocycles.